The molecule has 0 aliphatic heterocycles. The van der Waals surface area contributed by atoms with Gasteiger partial charge in [0.1, 0.15) is 29.5 Å². The highest BCUT2D eigenvalue weighted by molar-refractivity contribution is 5.66. The third-order valence-corrected chi connectivity index (χ3v) is 3.06. The molecule has 0 aliphatic rings. The van der Waals surface area contributed by atoms with Crippen LogP contribution < -0.4 is 15.4 Å². The molecule has 7 heteroatoms. The van der Waals surface area contributed by atoms with E-state index in [1.807, 2.05) is 45.0 Å². The number of anilines is 4. The molecule has 0 bridgehead atoms. The molecule has 7 nitrogen and oxygen atoms in total. The van der Waals surface area contributed by atoms with E-state index in [4.69, 9.17) is 9.26 Å². The van der Waals surface area contributed by atoms with Gasteiger partial charge in [0, 0.05) is 12.1 Å². The van der Waals surface area contributed by atoms with Crippen molar-refractivity contribution in [3.63, 3.8) is 0 Å². The van der Waals surface area contributed by atoms with Gasteiger partial charge in [-0.2, -0.15) is 0 Å². The lowest BCUT2D eigenvalue weighted by Gasteiger charge is -2.15. The summed E-state index contributed by atoms with van der Waals surface area (Å²) in [6.45, 7) is 5.81. The molecule has 3 aromatic rings. The number of hydrogen-bond acceptors (Lipinski definition) is 7. The summed E-state index contributed by atoms with van der Waals surface area (Å²) in [6.07, 6.45) is 1.56. The number of nitrogens with one attached hydrogen (secondary N) is 2. The smallest absolute Gasteiger partial charge is 0.175 e. The Balaban J connectivity index is 1.77. The highest BCUT2D eigenvalue weighted by Crippen LogP contribution is 2.28. The molecular formula is C17H19N5O2. The van der Waals surface area contributed by atoms with Crippen molar-refractivity contribution >= 4 is 23.1 Å². The van der Waals surface area contributed by atoms with Gasteiger partial charge >= 0.3 is 0 Å². The molecule has 0 amide bonds. The van der Waals surface area contributed by atoms with Crippen LogP contribution in [0.1, 0.15) is 19.6 Å². The Kier molecular flexibility index (Phi) is 4.60. The maximum Gasteiger partial charge on any atom is 0.175 e. The van der Waals surface area contributed by atoms with Crippen molar-refractivity contribution in [3.05, 3.63) is 48.5 Å². The largest absolute Gasteiger partial charge is 0.489 e. The van der Waals surface area contributed by atoms with Crippen molar-refractivity contribution in [3.8, 4) is 5.75 Å². The first-order valence-electron chi connectivity index (χ1n) is 7.65. The number of benzene rings is 1. The fourth-order valence-corrected chi connectivity index (χ4v) is 2.12. The third-order valence-electron chi connectivity index (χ3n) is 3.06. The Bertz CT molecular complexity index is 816. The van der Waals surface area contributed by atoms with Crippen LogP contribution in [-0.4, -0.2) is 21.2 Å². The lowest BCUT2D eigenvalue weighted by atomic mass is 10.3. The fourth-order valence-electron chi connectivity index (χ4n) is 2.12. The molecule has 2 N–H and O–H groups in total. The highest BCUT2D eigenvalue weighted by Gasteiger charge is 2.07. The summed E-state index contributed by atoms with van der Waals surface area (Å²) < 4.78 is 10.8. The molecule has 0 spiro atoms. The molecule has 0 aliphatic carbocycles. The van der Waals surface area contributed by atoms with E-state index in [2.05, 4.69) is 25.8 Å². The normalized spacial score (nSPS) is 10.7. The average Bonchev–Trinajstić information content (AvgIpc) is 2.94. The zero-order chi connectivity index (χ0) is 16.9. The van der Waals surface area contributed by atoms with Gasteiger partial charge in [-0.1, -0.05) is 17.3 Å². The number of aromatic nitrogens is 3. The minimum atomic E-state index is 0.0889. The van der Waals surface area contributed by atoms with Gasteiger partial charge in [-0.15, -0.1) is 0 Å². The predicted octanol–water partition coefficient (Wildman–Crippen LogP) is 4.05. The van der Waals surface area contributed by atoms with Crippen LogP contribution in [-0.2, 0) is 0 Å². The topological polar surface area (TPSA) is 85.1 Å². The van der Waals surface area contributed by atoms with Crippen molar-refractivity contribution in [2.24, 2.45) is 0 Å². The van der Waals surface area contributed by atoms with Crippen molar-refractivity contribution in [2.75, 3.05) is 10.6 Å². The standard InChI is InChI=1S/C17H19N5O2/c1-11(2)23-14-7-5-4-6-13(14)20-15-9-16(19-10-18-15)21-17-8-12(3)24-22-17/h4-11H,1-3H3,(H2,18,19,20,21,22). The number of nitrogens with zero attached hydrogens (tertiary/aromatic N) is 3. The van der Waals surface area contributed by atoms with Crippen molar-refractivity contribution < 1.29 is 9.26 Å². The Morgan fingerprint density at radius 3 is 2.46 bits per heavy atom. The monoisotopic (exact) mass is 325 g/mol. The predicted molar refractivity (Wildman–Crippen MR) is 92.0 cm³/mol. The summed E-state index contributed by atoms with van der Waals surface area (Å²) in [7, 11) is 0. The number of hydrogen-bond donors (Lipinski definition) is 2. The van der Waals surface area contributed by atoms with E-state index in [9.17, 15) is 0 Å². The van der Waals surface area contributed by atoms with Gasteiger partial charge in [0.15, 0.2) is 5.82 Å². The molecule has 24 heavy (non-hydrogen) atoms. The van der Waals surface area contributed by atoms with E-state index in [1.54, 1.807) is 12.1 Å². The second-order valence-corrected chi connectivity index (χ2v) is 5.52. The lowest BCUT2D eigenvalue weighted by Crippen LogP contribution is -2.07. The second kappa shape index (κ2) is 6.99. The zero-order valence-electron chi connectivity index (χ0n) is 13.8. The van der Waals surface area contributed by atoms with E-state index in [0.29, 0.717) is 17.5 Å². The first-order valence-corrected chi connectivity index (χ1v) is 7.65. The maximum absolute atomic E-state index is 5.80. The first-order chi connectivity index (χ1) is 11.6. The summed E-state index contributed by atoms with van der Waals surface area (Å²) >= 11 is 0. The summed E-state index contributed by atoms with van der Waals surface area (Å²) in [5.74, 6) is 3.36. The maximum atomic E-state index is 5.80. The second-order valence-electron chi connectivity index (χ2n) is 5.52. The van der Waals surface area contributed by atoms with Gasteiger partial charge in [-0.05, 0) is 32.9 Å². The Morgan fingerprint density at radius 2 is 1.75 bits per heavy atom. The molecule has 0 radical (unpaired) electrons. The van der Waals surface area contributed by atoms with E-state index in [-0.39, 0.29) is 6.10 Å². The number of ether oxygens (including phenoxy) is 1. The molecule has 124 valence electrons. The zero-order valence-corrected chi connectivity index (χ0v) is 13.8. The van der Waals surface area contributed by atoms with Crippen molar-refractivity contribution in [1.29, 1.82) is 0 Å². The number of para-hydroxylation sites is 2. The summed E-state index contributed by atoms with van der Waals surface area (Å²) in [4.78, 5) is 8.42. The summed E-state index contributed by atoms with van der Waals surface area (Å²) in [5.41, 5.74) is 0.841. The van der Waals surface area contributed by atoms with Crippen LogP contribution in [0.4, 0.5) is 23.1 Å². The molecule has 0 fully saturated rings. The van der Waals surface area contributed by atoms with Gasteiger partial charge in [0.2, 0.25) is 0 Å². The van der Waals surface area contributed by atoms with Crippen LogP contribution in [0.2, 0.25) is 0 Å². The summed E-state index contributed by atoms with van der Waals surface area (Å²) in [6, 6.07) is 11.3. The molecule has 0 unspecified atom stereocenters. The minimum absolute atomic E-state index is 0.0889. The van der Waals surface area contributed by atoms with Gasteiger partial charge in [-0.3, -0.25) is 0 Å². The van der Waals surface area contributed by atoms with Crippen LogP contribution in [0.5, 0.6) is 5.75 Å². The SMILES string of the molecule is Cc1cc(Nc2cc(Nc3ccccc3OC(C)C)ncn2)no1. The van der Waals surface area contributed by atoms with Crippen molar-refractivity contribution in [2.45, 2.75) is 26.9 Å². The molecular weight excluding hydrogens is 306 g/mol. The van der Waals surface area contributed by atoms with E-state index >= 15 is 0 Å². The van der Waals surface area contributed by atoms with Crippen LogP contribution >= 0.6 is 0 Å². The Labute approximate surface area is 140 Å². The van der Waals surface area contributed by atoms with Gasteiger partial charge < -0.3 is 19.9 Å². The van der Waals surface area contributed by atoms with Gasteiger partial charge in [0.05, 0.1) is 11.8 Å². The number of rotatable bonds is 6. The summed E-state index contributed by atoms with van der Waals surface area (Å²) in [5, 5.41) is 10.2. The molecule has 2 aromatic heterocycles. The average molecular weight is 325 g/mol. The third kappa shape index (κ3) is 4.01. The highest BCUT2D eigenvalue weighted by atomic mass is 16.5. The van der Waals surface area contributed by atoms with Gasteiger partial charge in [0.25, 0.3) is 0 Å². The first kappa shape index (κ1) is 15.8. The molecule has 2 heterocycles. The van der Waals surface area contributed by atoms with Crippen LogP contribution in [0.25, 0.3) is 0 Å². The van der Waals surface area contributed by atoms with E-state index in [1.165, 1.54) is 6.33 Å². The fraction of sp³-hybridized carbons (Fsp3) is 0.235. The minimum Gasteiger partial charge on any atom is -0.489 e. The lowest BCUT2D eigenvalue weighted by molar-refractivity contribution is 0.244. The molecule has 3 rings (SSSR count). The molecule has 0 atom stereocenters. The van der Waals surface area contributed by atoms with Crippen LogP contribution in [0.15, 0.2) is 47.2 Å². The van der Waals surface area contributed by atoms with Crippen LogP contribution in [0.3, 0.4) is 0 Å². The Morgan fingerprint density at radius 1 is 1.00 bits per heavy atom. The quantitative estimate of drug-likeness (QED) is 0.707. The van der Waals surface area contributed by atoms with E-state index < -0.39 is 0 Å². The van der Waals surface area contributed by atoms with Gasteiger partial charge in [-0.25, -0.2) is 9.97 Å². The van der Waals surface area contributed by atoms with Crippen LogP contribution in [0, 0.1) is 6.92 Å². The molecule has 0 saturated heterocycles. The molecule has 0 saturated carbocycles. The molecule has 1 aromatic carbocycles. The van der Waals surface area contributed by atoms with E-state index in [0.717, 1.165) is 17.2 Å². The van der Waals surface area contributed by atoms with Crippen molar-refractivity contribution in [1.82, 2.24) is 15.1 Å². The Hall–Kier alpha value is -3.09. The number of aryl methyl sites for hydroxylation is 1.